The van der Waals surface area contributed by atoms with Crippen molar-refractivity contribution in [1.29, 1.82) is 0 Å². The average molecular weight is 366 g/mol. The molecule has 0 bridgehead atoms. The molecule has 0 radical (unpaired) electrons. The molecule has 27 heavy (non-hydrogen) atoms. The summed E-state index contributed by atoms with van der Waals surface area (Å²) in [4.78, 5) is 0. The molecule has 1 fully saturated rings. The van der Waals surface area contributed by atoms with Crippen molar-refractivity contribution in [2.45, 2.75) is 56.4 Å². The minimum absolute atomic E-state index is 0.0963. The molecule has 0 heterocycles. The molecule has 3 atom stereocenters. The van der Waals surface area contributed by atoms with E-state index in [1.807, 2.05) is 6.07 Å². The first-order valence-corrected chi connectivity index (χ1v) is 10.2. The number of benzene rings is 2. The number of hydrogen-bond donors (Lipinski definition) is 2. The third-order valence-electron chi connectivity index (χ3n) is 6.69. The lowest BCUT2D eigenvalue weighted by atomic mass is 9.79. The molecule has 1 unspecified atom stereocenters. The molecule has 4 rings (SSSR count). The first-order chi connectivity index (χ1) is 13.1. The van der Waals surface area contributed by atoms with E-state index in [1.54, 1.807) is 7.11 Å². The molecule has 0 aromatic heterocycles. The SMILES string of the molecule is COc1ccccc1CC1CCc2cc([C@H]3CC[C@](N)(CO)C3)ccc2C1. The Bertz CT molecular complexity index is 803. The Labute approximate surface area is 162 Å². The van der Waals surface area contributed by atoms with Crippen LogP contribution in [0.3, 0.4) is 0 Å². The Balaban J connectivity index is 1.45. The first kappa shape index (κ1) is 18.5. The fourth-order valence-electron chi connectivity index (χ4n) is 5.05. The van der Waals surface area contributed by atoms with Gasteiger partial charge in [-0.25, -0.2) is 0 Å². The Morgan fingerprint density at radius 3 is 2.78 bits per heavy atom. The van der Waals surface area contributed by atoms with Gasteiger partial charge in [0.2, 0.25) is 0 Å². The van der Waals surface area contributed by atoms with E-state index in [-0.39, 0.29) is 12.1 Å². The number of aliphatic hydroxyl groups is 1. The second-order valence-electron chi connectivity index (χ2n) is 8.61. The summed E-state index contributed by atoms with van der Waals surface area (Å²) in [5.41, 5.74) is 11.7. The summed E-state index contributed by atoms with van der Waals surface area (Å²) in [5.74, 6) is 2.19. The van der Waals surface area contributed by atoms with Gasteiger partial charge in [-0.1, -0.05) is 36.4 Å². The quantitative estimate of drug-likeness (QED) is 0.842. The van der Waals surface area contributed by atoms with E-state index in [0.717, 1.165) is 44.3 Å². The average Bonchev–Trinajstić information content (AvgIpc) is 3.11. The normalized spacial score (nSPS) is 27.4. The van der Waals surface area contributed by atoms with Crippen molar-refractivity contribution < 1.29 is 9.84 Å². The highest BCUT2D eigenvalue weighted by Crippen LogP contribution is 2.41. The lowest BCUT2D eigenvalue weighted by Crippen LogP contribution is -2.40. The summed E-state index contributed by atoms with van der Waals surface area (Å²) in [6.45, 7) is 0.0963. The third kappa shape index (κ3) is 3.90. The topological polar surface area (TPSA) is 55.5 Å². The maximum absolute atomic E-state index is 9.54. The lowest BCUT2D eigenvalue weighted by Gasteiger charge is -2.27. The molecular formula is C24H31NO2. The van der Waals surface area contributed by atoms with Gasteiger partial charge in [-0.2, -0.15) is 0 Å². The summed E-state index contributed by atoms with van der Waals surface area (Å²) in [5, 5.41) is 9.54. The van der Waals surface area contributed by atoms with Crippen LogP contribution in [0.2, 0.25) is 0 Å². The number of ether oxygens (including phenoxy) is 1. The molecule has 0 saturated heterocycles. The fraction of sp³-hybridized carbons (Fsp3) is 0.500. The highest BCUT2D eigenvalue weighted by molar-refractivity contribution is 5.38. The Morgan fingerprint density at radius 2 is 2.00 bits per heavy atom. The number of para-hydroxylation sites is 1. The number of aryl methyl sites for hydroxylation is 1. The van der Waals surface area contributed by atoms with Crippen LogP contribution in [0.5, 0.6) is 5.75 Å². The molecule has 3 N–H and O–H groups in total. The second kappa shape index (κ2) is 7.65. The maximum Gasteiger partial charge on any atom is 0.122 e. The number of hydrogen-bond acceptors (Lipinski definition) is 3. The zero-order valence-corrected chi connectivity index (χ0v) is 16.3. The summed E-state index contributed by atoms with van der Waals surface area (Å²) in [6, 6.07) is 15.5. The van der Waals surface area contributed by atoms with Crippen LogP contribution in [0.15, 0.2) is 42.5 Å². The van der Waals surface area contributed by atoms with Gasteiger partial charge in [0.25, 0.3) is 0 Å². The molecule has 2 aliphatic rings. The molecule has 144 valence electrons. The van der Waals surface area contributed by atoms with Gasteiger partial charge in [0.1, 0.15) is 5.75 Å². The molecule has 3 nitrogen and oxygen atoms in total. The van der Waals surface area contributed by atoms with E-state index in [9.17, 15) is 5.11 Å². The monoisotopic (exact) mass is 365 g/mol. The molecule has 3 heteroatoms. The molecule has 0 aliphatic heterocycles. The summed E-state index contributed by atoms with van der Waals surface area (Å²) in [7, 11) is 1.76. The molecule has 0 spiro atoms. The molecule has 2 aromatic carbocycles. The fourth-order valence-corrected chi connectivity index (χ4v) is 5.05. The van der Waals surface area contributed by atoms with Crippen LogP contribution in [0.25, 0.3) is 0 Å². The van der Waals surface area contributed by atoms with Crippen molar-refractivity contribution >= 4 is 0 Å². The largest absolute Gasteiger partial charge is 0.496 e. The Kier molecular flexibility index (Phi) is 5.25. The van der Waals surface area contributed by atoms with Crippen LogP contribution in [-0.2, 0) is 19.3 Å². The van der Waals surface area contributed by atoms with E-state index in [2.05, 4.69) is 36.4 Å². The van der Waals surface area contributed by atoms with Gasteiger partial charge >= 0.3 is 0 Å². The third-order valence-corrected chi connectivity index (χ3v) is 6.69. The van der Waals surface area contributed by atoms with Gasteiger partial charge in [0.15, 0.2) is 0 Å². The molecule has 2 aliphatic carbocycles. The van der Waals surface area contributed by atoms with Crippen LogP contribution in [0, 0.1) is 5.92 Å². The van der Waals surface area contributed by atoms with Crippen molar-refractivity contribution in [3.63, 3.8) is 0 Å². The van der Waals surface area contributed by atoms with E-state index < -0.39 is 0 Å². The highest BCUT2D eigenvalue weighted by atomic mass is 16.5. The minimum atomic E-state index is -0.375. The van der Waals surface area contributed by atoms with Crippen LogP contribution in [0.4, 0.5) is 0 Å². The van der Waals surface area contributed by atoms with Gasteiger partial charge in [-0.3, -0.25) is 0 Å². The van der Waals surface area contributed by atoms with Crippen molar-refractivity contribution in [3.8, 4) is 5.75 Å². The Hall–Kier alpha value is -1.84. The zero-order valence-electron chi connectivity index (χ0n) is 16.3. The lowest BCUT2D eigenvalue weighted by molar-refractivity contribution is 0.198. The predicted molar refractivity (Wildman–Crippen MR) is 109 cm³/mol. The van der Waals surface area contributed by atoms with Crippen LogP contribution in [-0.4, -0.2) is 24.4 Å². The molecular weight excluding hydrogens is 334 g/mol. The van der Waals surface area contributed by atoms with Gasteiger partial charge < -0.3 is 15.6 Å². The van der Waals surface area contributed by atoms with E-state index in [0.29, 0.717) is 11.8 Å². The van der Waals surface area contributed by atoms with Crippen molar-refractivity contribution in [3.05, 3.63) is 64.7 Å². The molecule has 1 saturated carbocycles. The summed E-state index contributed by atoms with van der Waals surface area (Å²) < 4.78 is 5.53. The van der Waals surface area contributed by atoms with E-state index in [1.165, 1.54) is 28.7 Å². The maximum atomic E-state index is 9.54. The summed E-state index contributed by atoms with van der Waals surface area (Å²) >= 11 is 0. The van der Waals surface area contributed by atoms with Crippen molar-refractivity contribution in [2.24, 2.45) is 11.7 Å². The van der Waals surface area contributed by atoms with Gasteiger partial charge in [0.05, 0.1) is 13.7 Å². The number of fused-ring (bicyclic) bond motifs is 1. The predicted octanol–water partition coefficient (Wildman–Crippen LogP) is 4.00. The van der Waals surface area contributed by atoms with E-state index in [4.69, 9.17) is 10.5 Å². The van der Waals surface area contributed by atoms with Gasteiger partial charge in [-0.15, -0.1) is 0 Å². The van der Waals surface area contributed by atoms with Crippen molar-refractivity contribution in [2.75, 3.05) is 13.7 Å². The van der Waals surface area contributed by atoms with Crippen LogP contribution >= 0.6 is 0 Å². The van der Waals surface area contributed by atoms with Crippen molar-refractivity contribution in [1.82, 2.24) is 0 Å². The van der Waals surface area contributed by atoms with Crippen LogP contribution < -0.4 is 10.5 Å². The zero-order chi connectivity index (χ0) is 18.9. The number of rotatable bonds is 5. The second-order valence-corrected chi connectivity index (χ2v) is 8.61. The number of aliphatic hydroxyl groups excluding tert-OH is 1. The number of nitrogens with two attached hydrogens (primary N) is 1. The summed E-state index contributed by atoms with van der Waals surface area (Å²) in [6.07, 6.45) is 7.53. The minimum Gasteiger partial charge on any atom is -0.496 e. The van der Waals surface area contributed by atoms with Gasteiger partial charge in [0, 0.05) is 5.54 Å². The highest BCUT2D eigenvalue weighted by Gasteiger charge is 2.36. The first-order valence-electron chi connectivity index (χ1n) is 10.2. The Morgan fingerprint density at radius 1 is 1.15 bits per heavy atom. The molecule has 2 aromatic rings. The number of methoxy groups -OCH3 is 1. The van der Waals surface area contributed by atoms with Gasteiger partial charge in [-0.05, 0) is 85.1 Å². The standard InChI is InChI=1S/C24H31NO2/c1-27-23-5-3-2-4-21(23)13-17-6-7-19-14-20(9-8-18(19)12-17)22-10-11-24(25,15-22)16-26/h2-5,8-9,14,17,22,26H,6-7,10-13,15-16,25H2,1H3/t17?,22-,24+/m0/s1. The van der Waals surface area contributed by atoms with Crippen LogP contribution in [0.1, 0.15) is 53.9 Å². The smallest absolute Gasteiger partial charge is 0.122 e. The van der Waals surface area contributed by atoms with E-state index >= 15 is 0 Å². The molecule has 0 amide bonds.